The van der Waals surface area contributed by atoms with Crippen LogP contribution in [0.3, 0.4) is 0 Å². The van der Waals surface area contributed by atoms with E-state index in [-0.39, 0.29) is 11.8 Å². The Labute approximate surface area is 98.1 Å². The van der Waals surface area contributed by atoms with E-state index in [2.05, 4.69) is 15.6 Å². The number of amides is 2. The summed E-state index contributed by atoms with van der Waals surface area (Å²) in [7, 11) is 0. The molecule has 0 spiro atoms. The molecule has 0 unspecified atom stereocenters. The lowest BCUT2D eigenvalue weighted by Crippen LogP contribution is -2.19. The molecule has 0 saturated heterocycles. The number of phenolic OH excluding ortho intramolecular Hbond substituents is 1. The maximum absolute atomic E-state index is 11.5. The van der Waals surface area contributed by atoms with Gasteiger partial charge in [-0.25, -0.2) is 9.78 Å². The van der Waals surface area contributed by atoms with Crippen LogP contribution in [0.4, 0.5) is 16.3 Å². The van der Waals surface area contributed by atoms with Crippen molar-refractivity contribution < 1.29 is 9.90 Å². The van der Waals surface area contributed by atoms with Crippen molar-refractivity contribution >= 4 is 17.5 Å². The smallest absolute Gasteiger partial charge is 0.324 e. The van der Waals surface area contributed by atoms with E-state index < -0.39 is 0 Å². The molecule has 0 saturated carbocycles. The van der Waals surface area contributed by atoms with Crippen molar-refractivity contribution in [3.63, 3.8) is 0 Å². The van der Waals surface area contributed by atoms with E-state index in [1.807, 2.05) is 0 Å². The maximum Gasteiger partial charge on any atom is 0.324 e. The molecular weight excluding hydrogens is 218 g/mol. The van der Waals surface area contributed by atoms with Crippen LogP contribution < -0.4 is 10.6 Å². The Morgan fingerprint density at radius 1 is 1.06 bits per heavy atom. The first kappa shape index (κ1) is 10.9. The summed E-state index contributed by atoms with van der Waals surface area (Å²) in [4.78, 5) is 15.5. The third-order valence-corrected chi connectivity index (χ3v) is 2.03. The number of rotatable bonds is 2. The van der Waals surface area contributed by atoms with E-state index >= 15 is 0 Å². The average molecular weight is 229 g/mol. The molecule has 1 aromatic heterocycles. The summed E-state index contributed by atoms with van der Waals surface area (Å²) in [6, 6.07) is 11.1. The Balaban J connectivity index is 1.96. The molecule has 17 heavy (non-hydrogen) atoms. The molecule has 5 heteroatoms. The zero-order valence-corrected chi connectivity index (χ0v) is 8.92. The predicted molar refractivity (Wildman–Crippen MR) is 65.0 cm³/mol. The van der Waals surface area contributed by atoms with E-state index in [1.165, 1.54) is 12.1 Å². The average Bonchev–Trinajstić information content (AvgIpc) is 2.33. The van der Waals surface area contributed by atoms with E-state index in [1.54, 1.807) is 36.5 Å². The fraction of sp³-hybridized carbons (Fsp3) is 0. The first-order valence-corrected chi connectivity index (χ1v) is 5.02. The number of urea groups is 1. The second-order valence-electron chi connectivity index (χ2n) is 3.34. The second kappa shape index (κ2) is 4.98. The lowest BCUT2D eigenvalue weighted by atomic mass is 10.3. The number of aromatic hydroxyl groups is 1. The molecule has 2 amide bonds. The van der Waals surface area contributed by atoms with Gasteiger partial charge in [-0.3, -0.25) is 5.32 Å². The highest BCUT2D eigenvalue weighted by atomic mass is 16.3. The third-order valence-electron chi connectivity index (χ3n) is 2.03. The number of hydrogen-bond acceptors (Lipinski definition) is 3. The van der Waals surface area contributed by atoms with Crippen LogP contribution in [0.25, 0.3) is 0 Å². The van der Waals surface area contributed by atoms with Gasteiger partial charge in [0.05, 0.1) is 0 Å². The summed E-state index contributed by atoms with van der Waals surface area (Å²) in [5.41, 5.74) is 0.594. The molecule has 86 valence electrons. The van der Waals surface area contributed by atoms with Crippen LogP contribution in [0.1, 0.15) is 0 Å². The van der Waals surface area contributed by atoms with Gasteiger partial charge in [0.25, 0.3) is 0 Å². The summed E-state index contributed by atoms with van der Waals surface area (Å²) >= 11 is 0. The standard InChI is InChI=1S/C12H11N3O2/c16-10-6-4-9(5-7-10)14-12(17)15-11-3-1-2-8-13-11/h1-8,16H,(H2,13,14,15,17). The van der Waals surface area contributed by atoms with Gasteiger partial charge in [-0.05, 0) is 36.4 Å². The Kier molecular flexibility index (Phi) is 3.20. The number of nitrogens with zero attached hydrogens (tertiary/aromatic N) is 1. The summed E-state index contributed by atoms with van der Waals surface area (Å²) < 4.78 is 0. The van der Waals surface area contributed by atoms with E-state index in [4.69, 9.17) is 5.11 Å². The summed E-state index contributed by atoms with van der Waals surface area (Å²) in [5.74, 6) is 0.629. The van der Waals surface area contributed by atoms with E-state index in [0.717, 1.165) is 0 Å². The molecule has 0 aliphatic carbocycles. The van der Waals surface area contributed by atoms with Gasteiger partial charge in [0.15, 0.2) is 0 Å². The molecule has 0 radical (unpaired) electrons. The highest BCUT2D eigenvalue weighted by Crippen LogP contribution is 2.13. The van der Waals surface area contributed by atoms with Gasteiger partial charge in [-0.2, -0.15) is 0 Å². The Bertz CT molecular complexity index is 497. The Morgan fingerprint density at radius 2 is 1.82 bits per heavy atom. The minimum Gasteiger partial charge on any atom is -0.508 e. The SMILES string of the molecule is O=C(Nc1ccc(O)cc1)Nc1ccccn1. The van der Waals surface area contributed by atoms with Crippen molar-refractivity contribution in [1.29, 1.82) is 0 Å². The number of pyridine rings is 1. The van der Waals surface area contributed by atoms with Gasteiger partial charge < -0.3 is 10.4 Å². The highest BCUT2D eigenvalue weighted by Gasteiger charge is 2.02. The molecule has 5 nitrogen and oxygen atoms in total. The number of benzene rings is 1. The first-order chi connectivity index (χ1) is 8.24. The maximum atomic E-state index is 11.5. The monoisotopic (exact) mass is 229 g/mol. The Morgan fingerprint density at radius 3 is 2.47 bits per heavy atom. The van der Waals surface area contributed by atoms with Crippen LogP contribution in [0.5, 0.6) is 5.75 Å². The summed E-state index contributed by atoms with van der Waals surface area (Å²) in [5, 5.41) is 14.3. The largest absolute Gasteiger partial charge is 0.508 e. The molecule has 0 aliphatic heterocycles. The normalized spacial score (nSPS) is 9.65. The summed E-state index contributed by atoms with van der Waals surface area (Å²) in [6.45, 7) is 0. The van der Waals surface area contributed by atoms with Gasteiger partial charge in [0, 0.05) is 11.9 Å². The number of anilines is 2. The van der Waals surface area contributed by atoms with Crippen LogP contribution in [0.15, 0.2) is 48.7 Å². The van der Waals surface area contributed by atoms with Crippen LogP contribution in [0.2, 0.25) is 0 Å². The minimum atomic E-state index is -0.380. The Hall–Kier alpha value is -2.56. The van der Waals surface area contributed by atoms with Crippen molar-refractivity contribution in [3.05, 3.63) is 48.7 Å². The van der Waals surface area contributed by atoms with Crippen LogP contribution in [0, 0.1) is 0 Å². The number of carbonyl (C=O) groups is 1. The third kappa shape index (κ3) is 3.20. The van der Waals surface area contributed by atoms with Gasteiger partial charge >= 0.3 is 6.03 Å². The lowest BCUT2D eigenvalue weighted by molar-refractivity contribution is 0.262. The zero-order chi connectivity index (χ0) is 12.1. The molecule has 2 aromatic rings. The quantitative estimate of drug-likeness (QED) is 0.692. The predicted octanol–water partition coefficient (Wildman–Crippen LogP) is 2.43. The van der Waals surface area contributed by atoms with Crippen molar-refractivity contribution in [2.75, 3.05) is 10.6 Å². The van der Waals surface area contributed by atoms with E-state index in [0.29, 0.717) is 11.5 Å². The minimum absolute atomic E-state index is 0.153. The highest BCUT2D eigenvalue weighted by molar-refractivity contribution is 5.99. The van der Waals surface area contributed by atoms with Crippen LogP contribution >= 0.6 is 0 Å². The topological polar surface area (TPSA) is 74.2 Å². The fourth-order valence-electron chi connectivity index (χ4n) is 1.26. The number of aromatic nitrogens is 1. The zero-order valence-electron chi connectivity index (χ0n) is 8.92. The van der Waals surface area contributed by atoms with Crippen molar-refractivity contribution in [2.45, 2.75) is 0 Å². The fourth-order valence-corrected chi connectivity index (χ4v) is 1.26. The second-order valence-corrected chi connectivity index (χ2v) is 3.34. The van der Waals surface area contributed by atoms with Gasteiger partial charge in [-0.1, -0.05) is 6.07 Å². The number of phenols is 1. The number of hydrogen-bond donors (Lipinski definition) is 3. The van der Waals surface area contributed by atoms with Gasteiger partial charge in [0.1, 0.15) is 11.6 Å². The number of carbonyl (C=O) groups excluding carboxylic acids is 1. The molecule has 1 heterocycles. The molecule has 2 rings (SSSR count). The van der Waals surface area contributed by atoms with Crippen LogP contribution in [-0.2, 0) is 0 Å². The molecule has 0 atom stereocenters. The molecule has 3 N–H and O–H groups in total. The molecular formula is C12H11N3O2. The van der Waals surface area contributed by atoms with Gasteiger partial charge in [-0.15, -0.1) is 0 Å². The molecule has 1 aromatic carbocycles. The van der Waals surface area contributed by atoms with Crippen molar-refractivity contribution in [3.8, 4) is 5.75 Å². The van der Waals surface area contributed by atoms with Crippen molar-refractivity contribution in [2.24, 2.45) is 0 Å². The summed E-state index contributed by atoms with van der Waals surface area (Å²) in [6.07, 6.45) is 1.59. The molecule has 0 bridgehead atoms. The lowest BCUT2D eigenvalue weighted by Gasteiger charge is -2.06. The van der Waals surface area contributed by atoms with Crippen LogP contribution in [-0.4, -0.2) is 16.1 Å². The number of nitrogens with one attached hydrogen (secondary N) is 2. The molecule has 0 fully saturated rings. The van der Waals surface area contributed by atoms with Crippen molar-refractivity contribution in [1.82, 2.24) is 4.98 Å². The first-order valence-electron chi connectivity index (χ1n) is 5.02. The van der Waals surface area contributed by atoms with E-state index in [9.17, 15) is 4.79 Å². The van der Waals surface area contributed by atoms with Gasteiger partial charge in [0.2, 0.25) is 0 Å². The molecule has 0 aliphatic rings.